The third kappa shape index (κ3) is 2.59. The molecule has 1 fully saturated rings. The predicted molar refractivity (Wildman–Crippen MR) is 86.9 cm³/mol. The molecule has 0 aliphatic carbocycles. The van der Waals surface area contributed by atoms with Gasteiger partial charge in [0.2, 0.25) is 11.8 Å². The molecule has 1 heterocycles. The van der Waals surface area contributed by atoms with Crippen LogP contribution in [0.2, 0.25) is 0 Å². The SMILES string of the molecule is CN(N=O)c1ccccc1[C@@H]1CC(=O)N(c2ccccc2)C1=O. The summed E-state index contributed by atoms with van der Waals surface area (Å²) in [4.78, 5) is 37.1. The van der Waals surface area contributed by atoms with Crippen LogP contribution in [0.25, 0.3) is 0 Å². The van der Waals surface area contributed by atoms with Gasteiger partial charge in [0, 0.05) is 13.5 Å². The van der Waals surface area contributed by atoms with Crippen LogP contribution in [-0.4, -0.2) is 18.9 Å². The second kappa shape index (κ2) is 6.00. The number of nitroso groups, excluding NO2 is 1. The quantitative estimate of drug-likeness (QED) is 0.495. The summed E-state index contributed by atoms with van der Waals surface area (Å²) in [5, 5.41) is 4.05. The van der Waals surface area contributed by atoms with Gasteiger partial charge in [-0.15, -0.1) is 4.91 Å². The van der Waals surface area contributed by atoms with Gasteiger partial charge in [-0.1, -0.05) is 36.4 Å². The van der Waals surface area contributed by atoms with Gasteiger partial charge in [0.1, 0.15) is 0 Å². The van der Waals surface area contributed by atoms with E-state index in [2.05, 4.69) is 5.29 Å². The summed E-state index contributed by atoms with van der Waals surface area (Å²) in [6.07, 6.45) is 0.0808. The Bertz CT molecular complexity index is 761. The van der Waals surface area contributed by atoms with E-state index in [4.69, 9.17) is 0 Å². The third-order valence-electron chi connectivity index (χ3n) is 3.94. The highest BCUT2D eigenvalue weighted by Gasteiger charge is 2.41. The van der Waals surface area contributed by atoms with Gasteiger partial charge in [0.15, 0.2) is 0 Å². The molecule has 1 aliphatic heterocycles. The predicted octanol–water partition coefficient (Wildman–Crippen LogP) is 2.85. The van der Waals surface area contributed by atoms with E-state index in [0.717, 1.165) is 5.01 Å². The van der Waals surface area contributed by atoms with Crippen LogP contribution in [0.1, 0.15) is 17.9 Å². The van der Waals surface area contributed by atoms with Gasteiger partial charge in [-0.3, -0.25) is 14.5 Å². The Morgan fingerprint density at radius 1 is 1.04 bits per heavy atom. The summed E-state index contributed by atoms with van der Waals surface area (Å²) in [6, 6.07) is 15.8. The number of anilines is 2. The minimum Gasteiger partial charge on any atom is -0.274 e. The van der Waals surface area contributed by atoms with Crippen LogP contribution in [0.15, 0.2) is 59.9 Å². The lowest BCUT2D eigenvalue weighted by Gasteiger charge is -2.18. The van der Waals surface area contributed by atoms with Crippen molar-refractivity contribution in [3.05, 3.63) is 65.1 Å². The molecule has 0 N–H and O–H groups in total. The molecule has 0 aromatic heterocycles. The van der Waals surface area contributed by atoms with Crippen LogP contribution in [0, 0.1) is 4.91 Å². The molecule has 6 nitrogen and oxygen atoms in total. The van der Waals surface area contributed by atoms with Crippen LogP contribution < -0.4 is 9.91 Å². The molecule has 116 valence electrons. The fourth-order valence-corrected chi connectivity index (χ4v) is 2.84. The number of hydrogen-bond acceptors (Lipinski definition) is 4. The van der Waals surface area contributed by atoms with Gasteiger partial charge in [0.05, 0.1) is 22.6 Å². The highest BCUT2D eigenvalue weighted by molar-refractivity contribution is 6.23. The molecule has 1 atom stereocenters. The van der Waals surface area contributed by atoms with Crippen LogP contribution in [0.3, 0.4) is 0 Å². The highest BCUT2D eigenvalue weighted by atomic mass is 16.3. The van der Waals surface area contributed by atoms with E-state index in [0.29, 0.717) is 16.9 Å². The number of carbonyl (C=O) groups is 2. The Kier molecular flexibility index (Phi) is 3.89. The highest BCUT2D eigenvalue weighted by Crippen LogP contribution is 2.37. The smallest absolute Gasteiger partial charge is 0.241 e. The Morgan fingerprint density at radius 2 is 1.70 bits per heavy atom. The Hall–Kier alpha value is -3.02. The molecule has 2 amide bonds. The van der Waals surface area contributed by atoms with Crippen LogP contribution in [0.4, 0.5) is 11.4 Å². The molecule has 0 saturated carbocycles. The first-order valence-electron chi connectivity index (χ1n) is 7.21. The minimum atomic E-state index is -0.608. The number of benzene rings is 2. The summed E-state index contributed by atoms with van der Waals surface area (Å²) < 4.78 is 0. The number of rotatable bonds is 4. The number of nitrogens with zero attached hydrogens (tertiary/aromatic N) is 3. The molecule has 2 aromatic carbocycles. The molecular formula is C17H15N3O3. The molecule has 2 aromatic rings. The first-order chi connectivity index (χ1) is 11.1. The first-order valence-corrected chi connectivity index (χ1v) is 7.21. The maximum Gasteiger partial charge on any atom is 0.241 e. The minimum absolute atomic E-state index is 0.0808. The molecule has 0 bridgehead atoms. The number of imide groups is 1. The molecule has 6 heteroatoms. The monoisotopic (exact) mass is 309 g/mol. The molecular weight excluding hydrogens is 294 g/mol. The standard InChI is InChI=1S/C17H15N3O3/c1-19(18-23)15-10-6-5-9-13(15)14-11-16(21)20(17(14)22)12-7-3-2-4-8-12/h2-10,14H,11H2,1H3/t14-/m0/s1. The van der Waals surface area contributed by atoms with Crippen molar-refractivity contribution in [2.24, 2.45) is 5.29 Å². The first kappa shape index (κ1) is 14.9. The van der Waals surface area contributed by atoms with E-state index in [1.807, 2.05) is 6.07 Å². The van der Waals surface area contributed by atoms with Crippen LogP contribution >= 0.6 is 0 Å². The summed E-state index contributed by atoms with van der Waals surface area (Å²) in [5.74, 6) is -1.14. The molecule has 1 aliphatic rings. The average Bonchev–Trinajstić information content (AvgIpc) is 2.89. The largest absolute Gasteiger partial charge is 0.274 e. The van der Waals surface area contributed by atoms with Crippen molar-refractivity contribution in [3.8, 4) is 0 Å². The summed E-state index contributed by atoms with van der Waals surface area (Å²) in [6.45, 7) is 0. The number of para-hydroxylation sites is 2. The zero-order valence-electron chi connectivity index (χ0n) is 12.5. The Balaban J connectivity index is 1.99. The fourth-order valence-electron chi connectivity index (χ4n) is 2.84. The Labute approximate surface area is 133 Å². The van der Waals surface area contributed by atoms with Gasteiger partial charge in [0.25, 0.3) is 0 Å². The normalized spacial score (nSPS) is 17.4. The van der Waals surface area contributed by atoms with Crippen molar-refractivity contribution < 1.29 is 9.59 Å². The van der Waals surface area contributed by atoms with Crippen LogP contribution in [0.5, 0.6) is 0 Å². The van der Waals surface area contributed by atoms with Crippen molar-refractivity contribution in [3.63, 3.8) is 0 Å². The molecule has 0 spiro atoms. The molecule has 0 unspecified atom stereocenters. The van der Waals surface area contributed by atoms with Crippen molar-refractivity contribution in [2.45, 2.75) is 12.3 Å². The lowest BCUT2D eigenvalue weighted by molar-refractivity contribution is -0.121. The van der Waals surface area contributed by atoms with Gasteiger partial charge in [-0.05, 0) is 23.8 Å². The van der Waals surface area contributed by atoms with Gasteiger partial charge >= 0.3 is 0 Å². The zero-order chi connectivity index (χ0) is 16.4. The van der Waals surface area contributed by atoms with Crippen LogP contribution in [-0.2, 0) is 9.59 Å². The number of hydrogen-bond donors (Lipinski definition) is 0. The molecule has 3 rings (SSSR count). The topological polar surface area (TPSA) is 70.1 Å². The van der Waals surface area contributed by atoms with E-state index >= 15 is 0 Å². The lowest BCUT2D eigenvalue weighted by Crippen LogP contribution is -2.30. The van der Waals surface area contributed by atoms with E-state index in [-0.39, 0.29) is 18.2 Å². The Morgan fingerprint density at radius 3 is 2.39 bits per heavy atom. The van der Waals surface area contributed by atoms with Gasteiger partial charge in [-0.25, -0.2) is 5.01 Å². The second-order valence-electron chi connectivity index (χ2n) is 5.32. The van der Waals surface area contributed by atoms with Crippen molar-refractivity contribution in [2.75, 3.05) is 17.0 Å². The van der Waals surface area contributed by atoms with E-state index < -0.39 is 5.92 Å². The molecule has 0 radical (unpaired) electrons. The average molecular weight is 309 g/mol. The van der Waals surface area contributed by atoms with E-state index in [1.54, 1.807) is 48.5 Å². The molecule has 1 saturated heterocycles. The van der Waals surface area contributed by atoms with Gasteiger partial charge in [-0.2, -0.15) is 0 Å². The van der Waals surface area contributed by atoms with Crippen molar-refractivity contribution in [1.82, 2.24) is 0 Å². The van der Waals surface area contributed by atoms with Gasteiger partial charge < -0.3 is 0 Å². The van der Waals surface area contributed by atoms with E-state index in [9.17, 15) is 14.5 Å². The van der Waals surface area contributed by atoms with Crippen molar-refractivity contribution in [1.29, 1.82) is 0 Å². The third-order valence-corrected chi connectivity index (χ3v) is 3.94. The number of carbonyl (C=O) groups excluding carboxylic acids is 2. The maximum atomic E-state index is 12.8. The van der Waals surface area contributed by atoms with Crippen molar-refractivity contribution >= 4 is 23.2 Å². The number of amides is 2. The zero-order valence-corrected chi connectivity index (χ0v) is 12.5. The summed E-state index contributed by atoms with van der Waals surface area (Å²) in [5.41, 5.74) is 1.72. The fraction of sp³-hybridized carbons (Fsp3) is 0.176. The lowest BCUT2D eigenvalue weighted by atomic mass is 9.95. The summed E-state index contributed by atoms with van der Waals surface area (Å²) in [7, 11) is 1.52. The second-order valence-corrected chi connectivity index (χ2v) is 5.32. The molecule has 23 heavy (non-hydrogen) atoms. The maximum absolute atomic E-state index is 12.8. The summed E-state index contributed by atoms with van der Waals surface area (Å²) >= 11 is 0. The van der Waals surface area contributed by atoms with E-state index in [1.165, 1.54) is 11.9 Å².